The first-order valence-electron chi connectivity index (χ1n) is 10.3. The van der Waals surface area contributed by atoms with E-state index in [4.69, 9.17) is 0 Å². The van der Waals surface area contributed by atoms with Crippen molar-refractivity contribution >= 4 is 29.1 Å². The fraction of sp³-hybridized carbons (Fsp3) is 0.160. The minimum Gasteiger partial charge on any atom is -0.328 e. The minimum absolute atomic E-state index is 0.276. The molecule has 3 aromatic rings. The van der Waals surface area contributed by atoms with Crippen molar-refractivity contribution in [2.45, 2.75) is 13.5 Å². The van der Waals surface area contributed by atoms with Crippen molar-refractivity contribution in [3.8, 4) is 0 Å². The van der Waals surface area contributed by atoms with Crippen LogP contribution in [0.3, 0.4) is 0 Å². The van der Waals surface area contributed by atoms with Crippen LogP contribution in [-0.2, 0) is 16.1 Å². The Labute approximate surface area is 185 Å². The zero-order valence-corrected chi connectivity index (χ0v) is 17.5. The first-order valence-corrected chi connectivity index (χ1v) is 10.3. The molecule has 1 N–H and O–H groups in total. The molecule has 0 atom stereocenters. The van der Waals surface area contributed by atoms with Gasteiger partial charge in [-0.1, -0.05) is 36.4 Å². The van der Waals surface area contributed by atoms with Gasteiger partial charge in [0.05, 0.1) is 0 Å². The molecule has 1 aliphatic heterocycles. The number of benzene rings is 3. The Balaban J connectivity index is 1.39. The number of nitrogens with one attached hydrogen (secondary N) is 1. The van der Waals surface area contributed by atoms with Gasteiger partial charge in [0.15, 0.2) is 0 Å². The Kier molecular flexibility index (Phi) is 5.98. The number of carbonyl (C=O) groups excluding carboxylic acids is 3. The molecule has 6 nitrogen and oxygen atoms in total. The molecule has 32 heavy (non-hydrogen) atoms. The molecule has 0 radical (unpaired) electrons. The van der Waals surface area contributed by atoms with E-state index in [-0.39, 0.29) is 18.3 Å². The Bertz CT molecular complexity index is 1160. The van der Waals surface area contributed by atoms with Crippen LogP contribution in [0, 0.1) is 12.7 Å². The van der Waals surface area contributed by atoms with Gasteiger partial charge in [-0.3, -0.25) is 14.4 Å². The third-order valence-corrected chi connectivity index (χ3v) is 5.48. The number of para-hydroxylation sites is 1. The lowest BCUT2D eigenvalue weighted by Gasteiger charge is -2.33. The van der Waals surface area contributed by atoms with Crippen molar-refractivity contribution in [3.05, 3.63) is 95.3 Å². The number of anilines is 2. The number of hydrogen-bond acceptors (Lipinski definition) is 3. The van der Waals surface area contributed by atoms with Crippen molar-refractivity contribution in [2.24, 2.45) is 0 Å². The van der Waals surface area contributed by atoms with Crippen LogP contribution in [0.2, 0.25) is 0 Å². The Morgan fingerprint density at radius 2 is 1.62 bits per heavy atom. The SMILES string of the molecule is Cc1c(F)cccc1NC(=O)c1ccc(CN2CCN(c3ccccc3)C(=O)C2=O)cc1. The molecule has 0 spiro atoms. The highest BCUT2D eigenvalue weighted by Crippen LogP contribution is 2.20. The van der Waals surface area contributed by atoms with E-state index in [9.17, 15) is 18.8 Å². The highest BCUT2D eigenvalue weighted by Gasteiger charge is 2.33. The van der Waals surface area contributed by atoms with Crippen molar-refractivity contribution < 1.29 is 18.8 Å². The third-order valence-electron chi connectivity index (χ3n) is 5.48. The van der Waals surface area contributed by atoms with Crippen LogP contribution in [0.1, 0.15) is 21.5 Å². The van der Waals surface area contributed by atoms with Crippen molar-refractivity contribution in [3.63, 3.8) is 0 Å². The predicted octanol–water partition coefficient (Wildman–Crippen LogP) is 3.76. The number of rotatable bonds is 5. The molecule has 1 heterocycles. The number of hydrogen-bond donors (Lipinski definition) is 1. The lowest BCUT2D eigenvalue weighted by Crippen LogP contribution is -2.54. The summed E-state index contributed by atoms with van der Waals surface area (Å²) in [7, 11) is 0. The zero-order valence-electron chi connectivity index (χ0n) is 17.5. The summed E-state index contributed by atoms with van der Waals surface area (Å²) in [6, 6.07) is 20.4. The van der Waals surface area contributed by atoms with Gasteiger partial charge in [0.25, 0.3) is 5.91 Å². The summed E-state index contributed by atoms with van der Waals surface area (Å²) in [4.78, 5) is 40.6. The van der Waals surface area contributed by atoms with Gasteiger partial charge in [-0.15, -0.1) is 0 Å². The molecular formula is C25H22FN3O3. The molecule has 162 valence electrons. The predicted molar refractivity (Wildman–Crippen MR) is 120 cm³/mol. The molecular weight excluding hydrogens is 409 g/mol. The third kappa shape index (κ3) is 4.37. The van der Waals surface area contributed by atoms with Gasteiger partial charge >= 0.3 is 11.8 Å². The number of nitrogens with zero attached hydrogens (tertiary/aromatic N) is 2. The molecule has 3 aromatic carbocycles. The van der Waals surface area contributed by atoms with Crippen LogP contribution in [0.25, 0.3) is 0 Å². The molecule has 4 rings (SSSR count). The number of halogens is 1. The first kappa shape index (κ1) is 21.2. The Morgan fingerprint density at radius 1 is 0.906 bits per heavy atom. The van der Waals surface area contributed by atoms with E-state index in [2.05, 4.69) is 5.32 Å². The van der Waals surface area contributed by atoms with Crippen molar-refractivity contribution in [2.75, 3.05) is 23.3 Å². The second-order valence-electron chi connectivity index (χ2n) is 7.58. The monoisotopic (exact) mass is 431 g/mol. The van der Waals surface area contributed by atoms with E-state index < -0.39 is 11.8 Å². The van der Waals surface area contributed by atoms with Crippen LogP contribution in [0.4, 0.5) is 15.8 Å². The largest absolute Gasteiger partial charge is 0.328 e. The van der Waals surface area contributed by atoms with E-state index in [1.54, 1.807) is 49.4 Å². The minimum atomic E-state index is -0.552. The summed E-state index contributed by atoms with van der Waals surface area (Å²) >= 11 is 0. The topological polar surface area (TPSA) is 69.7 Å². The number of carbonyl (C=O) groups is 3. The molecule has 0 aromatic heterocycles. The van der Waals surface area contributed by atoms with Crippen LogP contribution >= 0.6 is 0 Å². The highest BCUT2D eigenvalue weighted by atomic mass is 19.1. The molecule has 0 bridgehead atoms. The summed E-state index contributed by atoms with van der Waals surface area (Å²) in [5.41, 5.74) is 2.70. The number of amides is 3. The smallest absolute Gasteiger partial charge is 0.316 e. The average molecular weight is 431 g/mol. The second kappa shape index (κ2) is 9.01. The summed E-state index contributed by atoms with van der Waals surface area (Å²) in [5, 5.41) is 2.71. The van der Waals surface area contributed by atoms with Crippen molar-refractivity contribution in [1.82, 2.24) is 4.90 Å². The van der Waals surface area contributed by atoms with Crippen molar-refractivity contribution in [1.29, 1.82) is 0 Å². The number of piperazine rings is 1. The van der Waals surface area contributed by atoms with Gasteiger partial charge in [-0.25, -0.2) is 4.39 Å². The fourth-order valence-electron chi connectivity index (χ4n) is 3.60. The standard InChI is InChI=1S/C25H22FN3O3/c1-17-21(26)8-5-9-22(17)27-23(30)19-12-10-18(11-13-19)16-28-14-15-29(25(32)24(28)31)20-6-3-2-4-7-20/h2-13H,14-16H2,1H3,(H,27,30). The van der Waals surface area contributed by atoms with Crippen LogP contribution in [0.5, 0.6) is 0 Å². The fourth-order valence-corrected chi connectivity index (χ4v) is 3.60. The maximum absolute atomic E-state index is 13.7. The molecule has 0 saturated carbocycles. The van der Waals surface area contributed by atoms with Crippen LogP contribution in [0.15, 0.2) is 72.8 Å². The normalized spacial score (nSPS) is 13.9. The quantitative estimate of drug-likeness (QED) is 0.626. The second-order valence-corrected chi connectivity index (χ2v) is 7.58. The van der Waals surface area contributed by atoms with E-state index >= 15 is 0 Å². The van der Waals surface area contributed by atoms with E-state index in [0.717, 1.165) is 5.56 Å². The van der Waals surface area contributed by atoms with Gasteiger partial charge in [0, 0.05) is 42.1 Å². The Morgan fingerprint density at radius 3 is 2.34 bits per heavy atom. The van der Waals surface area contributed by atoms with Gasteiger partial charge in [-0.05, 0) is 48.9 Å². The molecule has 0 aliphatic carbocycles. The first-order chi connectivity index (χ1) is 15.4. The molecule has 1 saturated heterocycles. The molecule has 1 fully saturated rings. The summed E-state index contributed by atoms with van der Waals surface area (Å²) in [6.07, 6.45) is 0. The molecule has 1 aliphatic rings. The van der Waals surface area contributed by atoms with Crippen LogP contribution < -0.4 is 10.2 Å². The summed E-state index contributed by atoms with van der Waals surface area (Å²) in [5.74, 6) is -1.84. The summed E-state index contributed by atoms with van der Waals surface area (Å²) in [6.45, 7) is 2.71. The zero-order chi connectivity index (χ0) is 22.7. The lowest BCUT2D eigenvalue weighted by molar-refractivity contribution is -0.146. The van der Waals surface area contributed by atoms with Gasteiger partial charge < -0.3 is 15.1 Å². The molecule has 7 heteroatoms. The van der Waals surface area contributed by atoms with E-state index in [1.807, 2.05) is 18.2 Å². The van der Waals surface area contributed by atoms with E-state index in [0.29, 0.717) is 35.6 Å². The summed E-state index contributed by atoms with van der Waals surface area (Å²) < 4.78 is 13.7. The maximum atomic E-state index is 13.7. The van der Waals surface area contributed by atoms with Gasteiger partial charge in [0.1, 0.15) is 5.82 Å². The average Bonchev–Trinajstić information content (AvgIpc) is 2.81. The lowest BCUT2D eigenvalue weighted by atomic mass is 10.1. The van der Waals surface area contributed by atoms with Crippen LogP contribution in [-0.4, -0.2) is 35.7 Å². The van der Waals surface area contributed by atoms with Gasteiger partial charge in [0.2, 0.25) is 0 Å². The Hall–Kier alpha value is -4.00. The molecule has 0 unspecified atom stereocenters. The highest BCUT2D eigenvalue weighted by molar-refractivity contribution is 6.40. The molecule has 3 amide bonds. The van der Waals surface area contributed by atoms with Gasteiger partial charge in [-0.2, -0.15) is 0 Å². The maximum Gasteiger partial charge on any atom is 0.316 e. The van der Waals surface area contributed by atoms with E-state index in [1.165, 1.54) is 21.9 Å².